The number of aromatic amines is 1. The fourth-order valence-electron chi connectivity index (χ4n) is 3.41. The predicted molar refractivity (Wildman–Crippen MR) is 97.2 cm³/mol. The Morgan fingerprint density at radius 2 is 2.22 bits per heavy atom. The zero-order valence-electron chi connectivity index (χ0n) is 13.8. The number of carbonyl (C=O) groups excluding carboxylic acids is 1. The molecule has 0 bridgehead atoms. The van der Waals surface area contributed by atoms with Crippen LogP contribution in [0.25, 0.3) is 10.9 Å². The summed E-state index contributed by atoms with van der Waals surface area (Å²) in [4.78, 5) is 15.6. The summed E-state index contributed by atoms with van der Waals surface area (Å²) in [6.07, 6.45) is 4.83. The first-order chi connectivity index (χ1) is 10.6. The number of benzene rings is 1. The standard InChI is InChI=1S/C18H25N3O.ClH/c1-12-4-3-5-16-15(11-21-17(12)16)7-9-20-18(22)14-6-8-19-13(2)10-14;/h3-5,11,13-14,19,21H,6-10H2,1-2H3,(H,20,22);1H/t13-,14-;/m0./s1. The Bertz CT molecular complexity index is 667. The summed E-state index contributed by atoms with van der Waals surface area (Å²) in [5.74, 6) is 0.380. The van der Waals surface area contributed by atoms with E-state index in [9.17, 15) is 4.79 Å². The van der Waals surface area contributed by atoms with E-state index in [0.717, 1.165) is 25.8 Å². The highest BCUT2D eigenvalue weighted by Gasteiger charge is 2.24. The minimum absolute atomic E-state index is 0. The molecule has 0 radical (unpaired) electrons. The van der Waals surface area contributed by atoms with Crippen LogP contribution >= 0.6 is 12.4 Å². The van der Waals surface area contributed by atoms with Gasteiger partial charge in [-0.25, -0.2) is 0 Å². The molecule has 23 heavy (non-hydrogen) atoms. The highest BCUT2D eigenvalue weighted by atomic mass is 35.5. The molecule has 1 aliphatic rings. The van der Waals surface area contributed by atoms with Gasteiger partial charge >= 0.3 is 0 Å². The third-order valence-corrected chi connectivity index (χ3v) is 4.70. The molecule has 0 aliphatic carbocycles. The van der Waals surface area contributed by atoms with E-state index in [1.807, 2.05) is 0 Å². The number of carbonyl (C=O) groups is 1. The fourth-order valence-corrected chi connectivity index (χ4v) is 3.41. The third-order valence-electron chi connectivity index (χ3n) is 4.70. The number of para-hydroxylation sites is 1. The first-order valence-electron chi connectivity index (χ1n) is 8.22. The van der Waals surface area contributed by atoms with Crippen molar-refractivity contribution in [3.8, 4) is 0 Å². The second-order valence-corrected chi connectivity index (χ2v) is 6.43. The first kappa shape index (κ1) is 17.8. The number of hydrogen-bond acceptors (Lipinski definition) is 2. The first-order valence-corrected chi connectivity index (χ1v) is 8.22. The van der Waals surface area contributed by atoms with Crippen LogP contribution < -0.4 is 10.6 Å². The number of halogens is 1. The van der Waals surface area contributed by atoms with Crippen molar-refractivity contribution in [2.45, 2.75) is 39.2 Å². The Morgan fingerprint density at radius 3 is 3.00 bits per heavy atom. The molecule has 3 rings (SSSR count). The van der Waals surface area contributed by atoms with Crippen molar-refractivity contribution < 1.29 is 4.79 Å². The van der Waals surface area contributed by atoms with Gasteiger partial charge in [0.1, 0.15) is 0 Å². The molecule has 1 saturated heterocycles. The van der Waals surface area contributed by atoms with Gasteiger partial charge in [-0.2, -0.15) is 0 Å². The van der Waals surface area contributed by atoms with E-state index in [0.29, 0.717) is 12.6 Å². The monoisotopic (exact) mass is 335 g/mol. The summed E-state index contributed by atoms with van der Waals surface area (Å²) >= 11 is 0. The molecule has 1 aliphatic heterocycles. The molecule has 2 atom stereocenters. The second kappa shape index (κ2) is 7.84. The van der Waals surface area contributed by atoms with Crippen LogP contribution in [-0.2, 0) is 11.2 Å². The zero-order chi connectivity index (χ0) is 15.5. The Labute approximate surface area is 143 Å². The van der Waals surface area contributed by atoms with Crippen LogP contribution in [0.2, 0.25) is 0 Å². The number of H-pyrrole nitrogens is 1. The number of fused-ring (bicyclic) bond motifs is 1. The normalized spacial score (nSPS) is 21.0. The third kappa shape index (κ3) is 4.06. The molecule has 1 aromatic carbocycles. The molecule has 4 nitrogen and oxygen atoms in total. The molecule has 1 aromatic heterocycles. The minimum Gasteiger partial charge on any atom is -0.361 e. The average Bonchev–Trinajstić information content (AvgIpc) is 2.92. The van der Waals surface area contributed by atoms with Gasteiger partial charge in [-0.05, 0) is 50.8 Å². The summed E-state index contributed by atoms with van der Waals surface area (Å²) in [5, 5.41) is 7.76. The lowest BCUT2D eigenvalue weighted by atomic mass is 9.92. The Hall–Kier alpha value is -1.52. The molecule has 126 valence electrons. The molecule has 3 N–H and O–H groups in total. The van der Waals surface area contributed by atoms with Gasteiger partial charge < -0.3 is 15.6 Å². The van der Waals surface area contributed by atoms with E-state index in [1.165, 1.54) is 22.0 Å². The topological polar surface area (TPSA) is 56.9 Å². The van der Waals surface area contributed by atoms with E-state index in [2.05, 4.69) is 53.9 Å². The largest absolute Gasteiger partial charge is 0.361 e. The van der Waals surface area contributed by atoms with Gasteiger partial charge in [-0.3, -0.25) is 4.79 Å². The van der Waals surface area contributed by atoms with Gasteiger partial charge in [0.05, 0.1) is 0 Å². The van der Waals surface area contributed by atoms with E-state index < -0.39 is 0 Å². The minimum atomic E-state index is 0. The molecular weight excluding hydrogens is 310 g/mol. The lowest BCUT2D eigenvalue weighted by Crippen LogP contribution is -2.42. The summed E-state index contributed by atoms with van der Waals surface area (Å²) < 4.78 is 0. The summed E-state index contributed by atoms with van der Waals surface area (Å²) in [6.45, 7) is 5.91. The van der Waals surface area contributed by atoms with Crippen molar-refractivity contribution in [2.75, 3.05) is 13.1 Å². The Balaban J connectivity index is 0.00000192. The van der Waals surface area contributed by atoms with E-state index in [-0.39, 0.29) is 24.2 Å². The number of aryl methyl sites for hydroxylation is 1. The number of rotatable bonds is 4. The van der Waals surface area contributed by atoms with Gasteiger partial charge in [0.2, 0.25) is 5.91 Å². The van der Waals surface area contributed by atoms with Crippen LogP contribution in [0, 0.1) is 12.8 Å². The Kier molecular flexibility index (Phi) is 6.08. The van der Waals surface area contributed by atoms with Gasteiger partial charge in [-0.15, -0.1) is 12.4 Å². The highest BCUT2D eigenvalue weighted by Crippen LogP contribution is 2.21. The van der Waals surface area contributed by atoms with E-state index in [4.69, 9.17) is 0 Å². The predicted octanol–water partition coefficient (Wildman–Crippen LogP) is 2.94. The van der Waals surface area contributed by atoms with Gasteiger partial charge in [0.25, 0.3) is 0 Å². The van der Waals surface area contributed by atoms with Gasteiger partial charge in [-0.1, -0.05) is 18.2 Å². The molecule has 1 amide bonds. The maximum atomic E-state index is 12.2. The number of aromatic nitrogens is 1. The summed E-state index contributed by atoms with van der Waals surface area (Å²) in [5.41, 5.74) is 3.74. The molecule has 1 fully saturated rings. The number of hydrogen-bond donors (Lipinski definition) is 3. The number of nitrogens with one attached hydrogen (secondary N) is 3. The molecule has 2 aromatic rings. The van der Waals surface area contributed by atoms with Crippen LogP contribution in [0.15, 0.2) is 24.4 Å². The fraction of sp³-hybridized carbons (Fsp3) is 0.500. The van der Waals surface area contributed by atoms with Crippen molar-refractivity contribution in [3.05, 3.63) is 35.5 Å². The summed E-state index contributed by atoms with van der Waals surface area (Å²) in [7, 11) is 0. The SMILES string of the molecule is Cc1cccc2c(CCNC(=O)[C@H]3CCN[C@@H](C)C3)c[nH]c12.Cl. The lowest BCUT2D eigenvalue weighted by molar-refractivity contribution is -0.126. The Morgan fingerprint density at radius 1 is 1.39 bits per heavy atom. The van der Waals surface area contributed by atoms with E-state index >= 15 is 0 Å². The van der Waals surface area contributed by atoms with Crippen LogP contribution in [0.5, 0.6) is 0 Å². The number of piperidine rings is 1. The highest BCUT2D eigenvalue weighted by molar-refractivity contribution is 5.86. The molecular formula is C18H26ClN3O. The maximum absolute atomic E-state index is 12.2. The molecule has 5 heteroatoms. The quantitative estimate of drug-likeness (QED) is 0.804. The van der Waals surface area contributed by atoms with Crippen molar-refractivity contribution in [1.29, 1.82) is 0 Å². The zero-order valence-corrected chi connectivity index (χ0v) is 14.6. The molecule has 0 saturated carbocycles. The van der Waals surface area contributed by atoms with Crippen molar-refractivity contribution in [1.82, 2.24) is 15.6 Å². The average molecular weight is 336 g/mol. The van der Waals surface area contributed by atoms with Crippen molar-refractivity contribution in [2.24, 2.45) is 5.92 Å². The second-order valence-electron chi connectivity index (χ2n) is 6.43. The van der Waals surface area contributed by atoms with Crippen LogP contribution in [0.1, 0.15) is 30.9 Å². The summed E-state index contributed by atoms with van der Waals surface area (Å²) in [6, 6.07) is 6.79. The van der Waals surface area contributed by atoms with Crippen molar-refractivity contribution >= 4 is 29.2 Å². The smallest absolute Gasteiger partial charge is 0.223 e. The number of amides is 1. The van der Waals surface area contributed by atoms with Crippen LogP contribution in [-0.4, -0.2) is 30.0 Å². The van der Waals surface area contributed by atoms with Crippen LogP contribution in [0.3, 0.4) is 0 Å². The maximum Gasteiger partial charge on any atom is 0.223 e. The molecule has 2 heterocycles. The van der Waals surface area contributed by atoms with Gasteiger partial charge in [0, 0.05) is 35.6 Å². The van der Waals surface area contributed by atoms with Crippen LogP contribution in [0.4, 0.5) is 0 Å². The van der Waals surface area contributed by atoms with Crippen molar-refractivity contribution in [3.63, 3.8) is 0 Å². The lowest BCUT2D eigenvalue weighted by Gasteiger charge is -2.27. The molecule has 0 spiro atoms. The molecule has 0 unspecified atom stereocenters. The van der Waals surface area contributed by atoms with Gasteiger partial charge in [0.15, 0.2) is 0 Å². The van der Waals surface area contributed by atoms with E-state index in [1.54, 1.807) is 0 Å².